The van der Waals surface area contributed by atoms with Gasteiger partial charge in [0.2, 0.25) is 0 Å². The first-order chi connectivity index (χ1) is 7.13. The molecule has 1 aliphatic heterocycles. The van der Waals surface area contributed by atoms with E-state index < -0.39 is 5.97 Å². The van der Waals surface area contributed by atoms with Crippen LogP contribution >= 0.6 is 0 Å². The molecule has 0 amide bonds. The lowest BCUT2D eigenvalue weighted by atomic mass is 9.96. The molecule has 0 aromatic carbocycles. The highest BCUT2D eigenvalue weighted by Gasteiger charge is 2.28. The average Bonchev–Trinajstić information content (AvgIpc) is 2.47. The highest BCUT2D eigenvalue weighted by Crippen LogP contribution is 2.20. The molecule has 1 aromatic rings. The highest BCUT2D eigenvalue weighted by atomic mass is 16.4. The van der Waals surface area contributed by atoms with Gasteiger partial charge in [-0.15, -0.1) is 0 Å². The van der Waals surface area contributed by atoms with Gasteiger partial charge in [-0.3, -0.25) is 14.4 Å². The quantitative estimate of drug-likeness (QED) is 0.776. The fraction of sp³-hybridized carbons (Fsp3) is 0.600. The van der Waals surface area contributed by atoms with Crippen LogP contribution in [0.2, 0.25) is 0 Å². The third-order valence-electron chi connectivity index (χ3n) is 2.66. The van der Waals surface area contributed by atoms with E-state index in [1.807, 2.05) is 19.4 Å². The van der Waals surface area contributed by atoms with Crippen molar-refractivity contribution in [2.45, 2.75) is 13.0 Å². The molecule has 5 nitrogen and oxygen atoms in total. The van der Waals surface area contributed by atoms with E-state index in [-0.39, 0.29) is 0 Å². The number of aliphatic carboxylic acids is 1. The number of nitrogens with zero attached hydrogens (tertiary/aromatic N) is 3. The van der Waals surface area contributed by atoms with Gasteiger partial charge in [0.05, 0.1) is 12.6 Å². The van der Waals surface area contributed by atoms with Crippen LogP contribution in [0.5, 0.6) is 0 Å². The van der Waals surface area contributed by atoms with Gasteiger partial charge in [-0.1, -0.05) is 0 Å². The Hall–Kier alpha value is -1.36. The molecule has 1 aromatic heterocycles. The summed E-state index contributed by atoms with van der Waals surface area (Å²) in [7, 11) is 1.90. The SMILES string of the molecule is Cn1cc(CN2CC(CC(=O)O)C2)cn1. The van der Waals surface area contributed by atoms with Crippen molar-refractivity contribution in [1.82, 2.24) is 14.7 Å². The van der Waals surface area contributed by atoms with Gasteiger partial charge in [-0.05, 0) is 5.92 Å². The van der Waals surface area contributed by atoms with Crippen molar-refractivity contribution in [3.8, 4) is 0 Å². The van der Waals surface area contributed by atoms with Crippen LogP contribution in [0.1, 0.15) is 12.0 Å². The summed E-state index contributed by atoms with van der Waals surface area (Å²) < 4.78 is 1.78. The molecule has 0 saturated carbocycles. The zero-order chi connectivity index (χ0) is 10.8. The van der Waals surface area contributed by atoms with Crippen molar-refractivity contribution in [1.29, 1.82) is 0 Å². The van der Waals surface area contributed by atoms with E-state index in [0.717, 1.165) is 19.6 Å². The van der Waals surface area contributed by atoms with Crippen LogP contribution in [0.25, 0.3) is 0 Å². The summed E-state index contributed by atoms with van der Waals surface area (Å²) in [6.07, 6.45) is 4.14. The Morgan fingerprint density at radius 2 is 2.40 bits per heavy atom. The summed E-state index contributed by atoms with van der Waals surface area (Å²) in [5.74, 6) is -0.361. The second-order valence-electron chi connectivity index (χ2n) is 4.18. The fourth-order valence-electron chi connectivity index (χ4n) is 1.99. The molecule has 0 unspecified atom stereocenters. The Labute approximate surface area is 88.3 Å². The molecular formula is C10H15N3O2. The maximum Gasteiger partial charge on any atom is 0.303 e. The Bertz CT molecular complexity index is 355. The van der Waals surface area contributed by atoms with Gasteiger partial charge in [-0.2, -0.15) is 5.10 Å². The largest absolute Gasteiger partial charge is 0.481 e. The molecule has 15 heavy (non-hydrogen) atoms. The number of likely N-dealkylation sites (tertiary alicyclic amines) is 1. The minimum absolute atomic E-state index is 0.295. The first-order valence-electron chi connectivity index (χ1n) is 5.05. The molecule has 0 radical (unpaired) electrons. The molecule has 0 bridgehead atoms. The molecule has 0 aliphatic carbocycles. The van der Waals surface area contributed by atoms with E-state index in [1.165, 1.54) is 5.56 Å². The van der Waals surface area contributed by atoms with Crippen molar-refractivity contribution in [3.05, 3.63) is 18.0 Å². The van der Waals surface area contributed by atoms with Crippen LogP contribution in [0.15, 0.2) is 12.4 Å². The number of hydrogen-bond acceptors (Lipinski definition) is 3. The number of carbonyl (C=O) groups is 1. The topological polar surface area (TPSA) is 58.4 Å². The Kier molecular flexibility index (Phi) is 2.73. The van der Waals surface area contributed by atoms with Crippen LogP contribution in [-0.4, -0.2) is 38.8 Å². The van der Waals surface area contributed by atoms with Gasteiger partial charge in [0.15, 0.2) is 0 Å². The standard InChI is InChI=1S/C10H15N3O2/c1-12-4-9(3-11-12)7-13-5-8(6-13)2-10(14)15/h3-4,8H,2,5-7H2,1H3,(H,14,15). The van der Waals surface area contributed by atoms with Crippen molar-refractivity contribution < 1.29 is 9.90 Å². The Morgan fingerprint density at radius 1 is 1.67 bits per heavy atom. The van der Waals surface area contributed by atoms with Crippen molar-refractivity contribution in [2.24, 2.45) is 13.0 Å². The molecule has 2 rings (SSSR count). The predicted octanol–water partition coefficient (Wildman–Crippen LogP) is 0.327. The number of carboxylic acid groups (broad SMARTS) is 1. The first-order valence-corrected chi connectivity index (χ1v) is 5.05. The average molecular weight is 209 g/mol. The van der Waals surface area contributed by atoms with Gasteiger partial charge in [0.1, 0.15) is 0 Å². The van der Waals surface area contributed by atoms with E-state index in [2.05, 4.69) is 10.00 Å². The normalized spacial score (nSPS) is 17.7. The van der Waals surface area contributed by atoms with Gasteiger partial charge in [0.25, 0.3) is 0 Å². The predicted molar refractivity (Wildman–Crippen MR) is 54.2 cm³/mol. The molecule has 1 saturated heterocycles. The van der Waals surface area contributed by atoms with Crippen LogP contribution in [0.4, 0.5) is 0 Å². The molecule has 0 atom stereocenters. The van der Waals surface area contributed by atoms with E-state index in [1.54, 1.807) is 4.68 Å². The van der Waals surface area contributed by atoms with E-state index in [4.69, 9.17) is 5.11 Å². The molecule has 0 spiro atoms. The highest BCUT2D eigenvalue weighted by molar-refractivity contribution is 5.67. The summed E-state index contributed by atoms with van der Waals surface area (Å²) in [5, 5.41) is 12.7. The minimum Gasteiger partial charge on any atom is -0.481 e. The number of rotatable bonds is 4. The number of hydrogen-bond donors (Lipinski definition) is 1. The van der Waals surface area contributed by atoms with Gasteiger partial charge in [0, 0.05) is 38.4 Å². The molecule has 2 heterocycles. The molecule has 1 N–H and O–H groups in total. The van der Waals surface area contributed by atoms with Crippen LogP contribution in [-0.2, 0) is 18.4 Å². The van der Waals surface area contributed by atoms with E-state index >= 15 is 0 Å². The number of aryl methyl sites for hydroxylation is 1. The van der Waals surface area contributed by atoms with Crippen LogP contribution < -0.4 is 0 Å². The van der Waals surface area contributed by atoms with Gasteiger partial charge < -0.3 is 5.11 Å². The van der Waals surface area contributed by atoms with Gasteiger partial charge in [-0.25, -0.2) is 0 Å². The zero-order valence-electron chi connectivity index (χ0n) is 8.76. The third kappa shape index (κ3) is 2.56. The van der Waals surface area contributed by atoms with Crippen LogP contribution in [0, 0.1) is 5.92 Å². The zero-order valence-corrected chi connectivity index (χ0v) is 8.76. The number of aromatic nitrogens is 2. The van der Waals surface area contributed by atoms with Gasteiger partial charge >= 0.3 is 5.97 Å². The monoisotopic (exact) mass is 209 g/mol. The Morgan fingerprint density at radius 3 is 2.93 bits per heavy atom. The number of carboxylic acids is 1. The lowest BCUT2D eigenvalue weighted by Crippen LogP contribution is -2.46. The molecule has 82 valence electrons. The molecule has 5 heteroatoms. The minimum atomic E-state index is -0.693. The summed E-state index contributed by atoms with van der Waals surface area (Å²) in [6, 6.07) is 0. The second-order valence-corrected chi connectivity index (χ2v) is 4.18. The summed E-state index contributed by atoms with van der Waals surface area (Å²) in [6.45, 7) is 2.66. The fourth-order valence-corrected chi connectivity index (χ4v) is 1.99. The smallest absolute Gasteiger partial charge is 0.303 e. The maximum absolute atomic E-state index is 10.4. The van der Waals surface area contributed by atoms with E-state index in [9.17, 15) is 4.79 Å². The third-order valence-corrected chi connectivity index (χ3v) is 2.66. The summed E-state index contributed by atoms with van der Waals surface area (Å²) in [5.41, 5.74) is 1.19. The van der Waals surface area contributed by atoms with E-state index in [0.29, 0.717) is 12.3 Å². The van der Waals surface area contributed by atoms with Crippen LogP contribution in [0.3, 0.4) is 0 Å². The van der Waals surface area contributed by atoms with Crippen molar-refractivity contribution in [2.75, 3.05) is 13.1 Å². The molecule has 1 fully saturated rings. The van der Waals surface area contributed by atoms with Crippen molar-refractivity contribution >= 4 is 5.97 Å². The summed E-state index contributed by atoms with van der Waals surface area (Å²) in [4.78, 5) is 12.7. The second kappa shape index (κ2) is 4.02. The lowest BCUT2D eigenvalue weighted by Gasteiger charge is -2.38. The first kappa shape index (κ1) is 10.2. The lowest BCUT2D eigenvalue weighted by molar-refractivity contribution is -0.139. The molecule has 1 aliphatic rings. The maximum atomic E-state index is 10.4. The summed E-state index contributed by atoms with van der Waals surface area (Å²) >= 11 is 0. The Balaban J connectivity index is 1.74. The molecular weight excluding hydrogens is 194 g/mol. The van der Waals surface area contributed by atoms with Crippen molar-refractivity contribution in [3.63, 3.8) is 0 Å².